The van der Waals surface area contributed by atoms with Crippen molar-refractivity contribution in [3.8, 4) is 11.1 Å². The number of fused-ring (bicyclic) bond motifs is 1. The van der Waals surface area contributed by atoms with Gasteiger partial charge in [-0.05, 0) is 36.8 Å². The smallest absolute Gasteiger partial charge is 0.0583 e. The fraction of sp³-hybridized carbons (Fsp3) is 0.267. The minimum Gasteiger partial charge on any atom is -0.397 e. The lowest BCUT2D eigenvalue weighted by Crippen LogP contribution is -2.09. The fourth-order valence-corrected chi connectivity index (χ4v) is 2.63. The second kappa shape index (κ2) is 4.21. The molecule has 0 atom stereocenters. The molecule has 1 aromatic heterocycles. The van der Waals surface area contributed by atoms with Gasteiger partial charge >= 0.3 is 0 Å². The fourth-order valence-electron chi connectivity index (χ4n) is 2.63. The van der Waals surface area contributed by atoms with Crippen LogP contribution in [0.15, 0.2) is 36.5 Å². The average Bonchev–Trinajstić information content (AvgIpc) is 2.39. The van der Waals surface area contributed by atoms with Gasteiger partial charge in [-0.15, -0.1) is 0 Å². The molecule has 0 bridgehead atoms. The van der Waals surface area contributed by atoms with Crippen molar-refractivity contribution in [3.05, 3.63) is 47.8 Å². The maximum Gasteiger partial charge on any atom is 0.0583 e. The highest BCUT2D eigenvalue weighted by Gasteiger charge is 2.17. The topological polar surface area (TPSA) is 38.9 Å². The van der Waals surface area contributed by atoms with Gasteiger partial charge < -0.3 is 5.73 Å². The minimum absolute atomic E-state index is 0.803. The SMILES string of the molecule is Nc1cnc2c(c1-c1ccccc1)CCCC2. The van der Waals surface area contributed by atoms with Crippen molar-refractivity contribution >= 4 is 5.69 Å². The summed E-state index contributed by atoms with van der Waals surface area (Å²) in [5.74, 6) is 0. The molecule has 0 saturated carbocycles. The van der Waals surface area contributed by atoms with Gasteiger partial charge in [0, 0.05) is 11.3 Å². The maximum absolute atomic E-state index is 6.11. The van der Waals surface area contributed by atoms with Crippen LogP contribution < -0.4 is 5.73 Å². The number of aryl methyl sites for hydroxylation is 1. The Hall–Kier alpha value is -1.83. The number of hydrogen-bond donors (Lipinski definition) is 1. The summed E-state index contributed by atoms with van der Waals surface area (Å²) in [4.78, 5) is 4.48. The second-order valence-corrected chi connectivity index (χ2v) is 4.59. The van der Waals surface area contributed by atoms with Crippen LogP contribution in [-0.2, 0) is 12.8 Å². The molecule has 2 aromatic rings. The Morgan fingerprint density at radius 3 is 2.59 bits per heavy atom. The van der Waals surface area contributed by atoms with E-state index >= 15 is 0 Å². The third-order valence-electron chi connectivity index (χ3n) is 3.45. The molecule has 0 aliphatic heterocycles. The van der Waals surface area contributed by atoms with Crippen LogP contribution in [0.3, 0.4) is 0 Å². The maximum atomic E-state index is 6.11. The summed E-state index contributed by atoms with van der Waals surface area (Å²) in [6, 6.07) is 10.4. The van der Waals surface area contributed by atoms with E-state index in [0.29, 0.717) is 0 Å². The van der Waals surface area contributed by atoms with Crippen molar-refractivity contribution in [1.82, 2.24) is 4.98 Å². The Morgan fingerprint density at radius 1 is 1.00 bits per heavy atom. The summed E-state index contributed by atoms with van der Waals surface area (Å²) in [6.45, 7) is 0. The number of hydrogen-bond acceptors (Lipinski definition) is 2. The molecule has 0 saturated heterocycles. The van der Waals surface area contributed by atoms with Crippen LogP contribution in [0.1, 0.15) is 24.1 Å². The summed E-state index contributed by atoms with van der Waals surface area (Å²) in [5, 5.41) is 0. The van der Waals surface area contributed by atoms with E-state index in [2.05, 4.69) is 29.2 Å². The standard InChI is InChI=1S/C15H16N2/c16-13-10-17-14-9-5-4-8-12(14)15(13)11-6-2-1-3-7-11/h1-3,6-7,10H,4-5,8-9,16H2. The van der Waals surface area contributed by atoms with Crippen LogP contribution in [-0.4, -0.2) is 4.98 Å². The molecule has 2 heteroatoms. The zero-order valence-electron chi connectivity index (χ0n) is 9.82. The van der Waals surface area contributed by atoms with E-state index < -0.39 is 0 Å². The van der Waals surface area contributed by atoms with Gasteiger partial charge in [-0.2, -0.15) is 0 Å². The van der Waals surface area contributed by atoms with Gasteiger partial charge in [0.05, 0.1) is 11.9 Å². The average molecular weight is 224 g/mol. The van der Waals surface area contributed by atoms with E-state index in [9.17, 15) is 0 Å². The van der Waals surface area contributed by atoms with Crippen molar-refractivity contribution < 1.29 is 0 Å². The molecule has 0 fully saturated rings. The van der Waals surface area contributed by atoms with E-state index in [1.807, 2.05) is 12.3 Å². The van der Waals surface area contributed by atoms with Crippen LogP contribution in [0.4, 0.5) is 5.69 Å². The minimum atomic E-state index is 0.803. The van der Waals surface area contributed by atoms with Gasteiger partial charge in [0.15, 0.2) is 0 Å². The van der Waals surface area contributed by atoms with Crippen LogP contribution in [0, 0.1) is 0 Å². The molecule has 2 nitrogen and oxygen atoms in total. The van der Waals surface area contributed by atoms with E-state index in [-0.39, 0.29) is 0 Å². The first kappa shape index (κ1) is 10.3. The molecule has 0 spiro atoms. The van der Waals surface area contributed by atoms with Crippen molar-refractivity contribution in [3.63, 3.8) is 0 Å². The van der Waals surface area contributed by atoms with Crippen molar-refractivity contribution in [1.29, 1.82) is 0 Å². The van der Waals surface area contributed by atoms with Crippen LogP contribution in [0.2, 0.25) is 0 Å². The van der Waals surface area contributed by atoms with E-state index in [4.69, 9.17) is 5.73 Å². The number of aromatic nitrogens is 1. The first-order valence-corrected chi connectivity index (χ1v) is 6.18. The first-order valence-electron chi connectivity index (χ1n) is 6.18. The zero-order chi connectivity index (χ0) is 11.7. The number of nitrogens with two attached hydrogens (primary N) is 1. The molecule has 3 rings (SSSR count). The summed E-state index contributed by atoms with van der Waals surface area (Å²) in [7, 11) is 0. The predicted molar refractivity (Wildman–Crippen MR) is 70.7 cm³/mol. The van der Waals surface area contributed by atoms with E-state index in [1.54, 1.807) is 0 Å². The molecule has 0 unspecified atom stereocenters. The van der Waals surface area contributed by atoms with Crippen molar-refractivity contribution in [2.75, 3.05) is 5.73 Å². The molecule has 2 N–H and O–H groups in total. The van der Waals surface area contributed by atoms with Crippen LogP contribution in [0.5, 0.6) is 0 Å². The lowest BCUT2D eigenvalue weighted by Gasteiger charge is -2.20. The molecule has 1 aromatic carbocycles. The van der Waals surface area contributed by atoms with Crippen molar-refractivity contribution in [2.24, 2.45) is 0 Å². The number of benzene rings is 1. The van der Waals surface area contributed by atoms with Crippen molar-refractivity contribution in [2.45, 2.75) is 25.7 Å². The highest BCUT2D eigenvalue weighted by molar-refractivity contribution is 5.79. The summed E-state index contributed by atoms with van der Waals surface area (Å²) in [5.41, 5.74) is 11.9. The van der Waals surface area contributed by atoms with Crippen LogP contribution in [0.25, 0.3) is 11.1 Å². The highest BCUT2D eigenvalue weighted by Crippen LogP contribution is 2.34. The molecule has 17 heavy (non-hydrogen) atoms. The number of rotatable bonds is 1. The van der Waals surface area contributed by atoms with Gasteiger partial charge in [0.25, 0.3) is 0 Å². The normalized spacial score (nSPS) is 14.4. The van der Waals surface area contributed by atoms with Gasteiger partial charge in [0.1, 0.15) is 0 Å². The molecule has 1 aliphatic rings. The third-order valence-corrected chi connectivity index (χ3v) is 3.45. The molecule has 1 aliphatic carbocycles. The number of nitrogens with zero attached hydrogens (tertiary/aromatic N) is 1. The number of nitrogen functional groups attached to an aromatic ring is 1. The monoisotopic (exact) mass is 224 g/mol. The highest BCUT2D eigenvalue weighted by atomic mass is 14.7. The van der Waals surface area contributed by atoms with Gasteiger partial charge in [-0.25, -0.2) is 0 Å². The molecule has 1 heterocycles. The molecule has 0 radical (unpaired) electrons. The zero-order valence-corrected chi connectivity index (χ0v) is 9.82. The first-order chi connectivity index (χ1) is 8.36. The van der Waals surface area contributed by atoms with Gasteiger partial charge in [0.2, 0.25) is 0 Å². The number of pyridine rings is 1. The van der Waals surface area contributed by atoms with Gasteiger partial charge in [-0.3, -0.25) is 4.98 Å². The lowest BCUT2D eigenvalue weighted by molar-refractivity contribution is 0.669. The Balaban J connectivity index is 2.21. The Bertz CT molecular complexity index is 532. The largest absolute Gasteiger partial charge is 0.397 e. The lowest BCUT2D eigenvalue weighted by atomic mass is 9.88. The summed E-state index contributed by atoms with van der Waals surface area (Å²) in [6.07, 6.45) is 6.51. The Morgan fingerprint density at radius 2 is 1.76 bits per heavy atom. The Labute approximate surface area is 102 Å². The quantitative estimate of drug-likeness (QED) is 0.807. The summed E-state index contributed by atoms with van der Waals surface area (Å²) < 4.78 is 0. The van der Waals surface area contributed by atoms with E-state index in [1.165, 1.54) is 35.2 Å². The van der Waals surface area contributed by atoms with Crippen LogP contribution >= 0.6 is 0 Å². The third kappa shape index (κ3) is 1.80. The van der Waals surface area contributed by atoms with E-state index in [0.717, 1.165) is 18.5 Å². The molecule has 86 valence electrons. The molecular weight excluding hydrogens is 208 g/mol. The molecular formula is C15H16N2. The summed E-state index contributed by atoms with van der Waals surface area (Å²) >= 11 is 0. The molecule has 0 amide bonds. The predicted octanol–water partition coefficient (Wildman–Crippen LogP) is 3.21. The second-order valence-electron chi connectivity index (χ2n) is 4.59. The Kier molecular flexibility index (Phi) is 2.56. The van der Waals surface area contributed by atoms with Gasteiger partial charge in [-0.1, -0.05) is 30.3 Å². The number of anilines is 1.